The van der Waals surface area contributed by atoms with Gasteiger partial charge in [0.2, 0.25) is 0 Å². The number of benzene rings is 7. The van der Waals surface area contributed by atoms with Gasteiger partial charge in [-0.25, -0.2) is 15.0 Å². The number of furan rings is 1. The lowest BCUT2D eigenvalue weighted by molar-refractivity contribution is 0.669. The van der Waals surface area contributed by atoms with E-state index < -0.39 is 132 Å². The molecule has 0 atom stereocenters. The molecule has 50 heavy (non-hydrogen) atoms. The third-order valence-corrected chi connectivity index (χ3v) is 8.14. The fourth-order valence-corrected chi connectivity index (χ4v) is 5.99. The van der Waals surface area contributed by atoms with Crippen LogP contribution in [0.25, 0.3) is 94.7 Å². The van der Waals surface area contributed by atoms with Crippen molar-refractivity contribution < 1.29 is 31.8 Å². The molecular formula is C45H28N4O. The Labute approximate surface area is 315 Å². The maximum absolute atomic E-state index is 9.31. The van der Waals surface area contributed by atoms with Crippen LogP contribution in [0.4, 0.5) is 0 Å². The first-order valence-corrected chi connectivity index (χ1v) is 15.1. The Morgan fingerprint density at radius 1 is 0.460 bits per heavy atom. The monoisotopic (exact) mass is 660 g/mol. The smallest absolute Gasteiger partial charge is 0.166 e. The van der Waals surface area contributed by atoms with E-state index >= 15 is 0 Å². The predicted octanol–water partition coefficient (Wildman–Crippen LogP) is 11.5. The van der Waals surface area contributed by atoms with Crippen molar-refractivity contribution in [3.05, 3.63) is 169 Å². The van der Waals surface area contributed by atoms with Crippen molar-refractivity contribution in [2.75, 3.05) is 0 Å². The molecule has 0 aliphatic rings. The molecule has 3 heterocycles. The third kappa shape index (κ3) is 4.52. The zero-order valence-corrected chi connectivity index (χ0v) is 25.3. The largest absolute Gasteiger partial charge is 0.456 e. The molecular weight excluding hydrogens is 613 g/mol. The molecule has 10 aromatic rings. The molecule has 0 spiro atoms. The van der Waals surface area contributed by atoms with Crippen LogP contribution in [0.3, 0.4) is 0 Å². The number of para-hydroxylation sites is 3. The summed E-state index contributed by atoms with van der Waals surface area (Å²) < 4.78 is 183. The molecule has 0 aliphatic heterocycles. The minimum Gasteiger partial charge on any atom is -0.456 e. The number of rotatable bonds is 5. The van der Waals surface area contributed by atoms with Crippen molar-refractivity contribution >= 4 is 43.7 Å². The summed E-state index contributed by atoms with van der Waals surface area (Å²) in [6.45, 7) is 0. The summed E-state index contributed by atoms with van der Waals surface area (Å²) in [5, 5.41) is -0.912. The molecule has 0 fully saturated rings. The van der Waals surface area contributed by atoms with E-state index in [1.807, 2.05) is 0 Å². The summed E-state index contributed by atoms with van der Waals surface area (Å²) in [6.07, 6.45) is 0. The molecule has 5 nitrogen and oxygen atoms in total. The Morgan fingerprint density at radius 3 is 1.84 bits per heavy atom. The van der Waals surface area contributed by atoms with Crippen molar-refractivity contribution in [1.82, 2.24) is 19.5 Å². The molecule has 0 saturated heterocycles. The lowest BCUT2D eigenvalue weighted by Gasteiger charge is -2.16. The molecule has 0 unspecified atom stereocenters. The van der Waals surface area contributed by atoms with E-state index in [4.69, 9.17) is 37.7 Å². The van der Waals surface area contributed by atoms with Crippen molar-refractivity contribution in [3.63, 3.8) is 0 Å². The summed E-state index contributed by atoms with van der Waals surface area (Å²) in [4.78, 5) is 14.1. The second-order valence-electron chi connectivity index (χ2n) is 10.9. The van der Waals surface area contributed by atoms with Gasteiger partial charge in [0.25, 0.3) is 0 Å². The maximum atomic E-state index is 9.31. The highest BCUT2D eigenvalue weighted by Crippen LogP contribution is 2.41. The molecule has 0 amide bonds. The summed E-state index contributed by atoms with van der Waals surface area (Å²) in [7, 11) is 0. The van der Waals surface area contributed by atoms with Gasteiger partial charge in [-0.05, 0) is 47.4 Å². The average Bonchev–Trinajstić information content (AvgIpc) is 3.94. The molecule has 3 aromatic heterocycles. The molecule has 0 saturated carbocycles. The highest BCUT2D eigenvalue weighted by molar-refractivity contribution is 6.13. The second kappa shape index (κ2) is 11.4. The van der Waals surface area contributed by atoms with Gasteiger partial charge in [-0.3, -0.25) is 0 Å². The number of nitrogens with zero attached hydrogens (tertiary/aromatic N) is 4. The number of aromatic nitrogens is 4. The normalized spacial score (nSPS) is 17.2. The first-order valence-electron chi connectivity index (χ1n) is 25.1. The third-order valence-electron chi connectivity index (χ3n) is 8.14. The van der Waals surface area contributed by atoms with Crippen LogP contribution in [0.1, 0.15) is 27.4 Å². The van der Waals surface area contributed by atoms with Crippen molar-refractivity contribution in [2.45, 2.75) is 0 Å². The maximum Gasteiger partial charge on any atom is 0.166 e. The lowest BCUT2D eigenvalue weighted by Crippen LogP contribution is -2.04. The van der Waals surface area contributed by atoms with E-state index in [0.717, 1.165) is 0 Å². The topological polar surface area (TPSA) is 56.7 Å². The van der Waals surface area contributed by atoms with Crippen LogP contribution in [0.5, 0.6) is 0 Å². The van der Waals surface area contributed by atoms with Crippen molar-refractivity contribution in [1.29, 1.82) is 0 Å². The number of hydrogen-bond acceptors (Lipinski definition) is 4. The van der Waals surface area contributed by atoms with Gasteiger partial charge < -0.3 is 8.98 Å². The predicted molar refractivity (Wildman–Crippen MR) is 203 cm³/mol. The Bertz CT molecular complexity index is 3920. The zero-order chi connectivity index (χ0) is 50.4. The van der Waals surface area contributed by atoms with Crippen LogP contribution >= 0.6 is 0 Å². The zero-order valence-electron chi connectivity index (χ0n) is 45.3. The van der Waals surface area contributed by atoms with Gasteiger partial charge in [-0.2, -0.15) is 0 Å². The lowest BCUT2D eigenvalue weighted by atomic mass is 9.96. The van der Waals surface area contributed by atoms with Crippen LogP contribution < -0.4 is 0 Å². The quantitative estimate of drug-likeness (QED) is 0.184. The molecule has 10 rings (SSSR count). The van der Waals surface area contributed by atoms with E-state index in [1.165, 1.54) is 22.8 Å². The van der Waals surface area contributed by atoms with E-state index in [9.17, 15) is 4.11 Å². The van der Waals surface area contributed by atoms with Gasteiger partial charge >= 0.3 is 0 Å². The van der Waals surface area contributed by atoms with Gasteiger partial charge in [0.05, 0.1) is 44.1 Å². The van der Waals surface area contributed by atoms with E-state index in [-0.39, 0.29) is 77.8 Å². The highest BCUT2D eigenvalue weighted by Gasteiger charge is 2.21. The fourth-order valence-electron chi connectivity index (χ4n) is 5.99. The first kappa shape index (κ1) is 14.7. The van der Waals surface area contributed by atoms with Gasteiger partial charge in [0.15, 0.2) is 17.5 Å². The summed E-state index contributed by atoms with van der Waals surface area (Å²) in [6, 6.07) is -0.874. The van der Waals surface area contributed by atoms with Gasteiger partial charge in [-0.1, -0.05) is 133 Å². The van der Waals surface area contributed by atoms with Crippen LogP contribution in [-0.4, -0.2) is 19.5 Å². The Hall–Kier alpha value is -6.85. The van der Waals surface area contributed by atoms with Gasteiger partial charge in [0, 0.05) is 38.2 Å². The van der Waals surface area contributed by atoms with E-state index in [1.54, 1.807) is 30.3 Å². The molecule has 0 bridgehead atoms. The van der Waals surface area contributed by atoms with E-state index in [0.29, 0.717) is 5.56 Å². The average molecular weight is 661 g/mol. The molecule has 7 aromatic carbocycles. The molecule has 5 heteroatoms. The standard InChI is InChI=1S/C45H28N4O/c1-3-14-29(15-4-1)43-46-44(30-16-5-2-6-17-30)48-45(47-43)36-28-31(32-21-13-25-41-42(32)35-20-9-12-24-40(35)50-41)26-27-39(36)49-37-22-10-7-18-33(37)34-19-8-11-23-38(34)49/h1-28H/i1D,3D,4D,7D,8D,9D,10D,11D,12D,13D,14D,15D,18D,19D,20D,21D,22D,23D,24D,25D. The van der Waals surface area contributed by atoms with E-state index in [2.05, 4.69) is 4.98 Å². The van der Waals surface area contributed by atoms with Crippen LogP contribution in [0.2, 0.25) is 0 Å². The molecule has 0 N–H and O–H groups in total. The van der Waals surface area contributed by atoms with Gasteiger partial charge in [-0.15, -0.1) is 0 Å². The fraction of sp³-hybridized carbons (Fsp3) is 0. The number of hydrogen-bond donors (Lipinski definition) is 0. The minimum atomic E-state index is -0.721. The van der Waals surface area contributed by atoms with Gasteiger partial charge in [0.1, 0.15) is 11.2 Å². The Morgan fingerprint density at radius 2 is 1.08 bits per heavy atom. The first-order chi connectivity index (χ1) is 33.1. The Kier molecular flexibility index (Phi) is 3.36. The summed E-state index contributed by atoms with van der Waals surface area (Å²) in [5.41, 5.74) is -1.90. The summed E-state index contributed by atoms with van der Waals surface area (Å²) in [5.74, 6) is -0.896. The minimum absolute atomic E-state index is 0.00651. The summed E-state index contributed by atoms with van der Waals surface area (Å²) >= 11 is 0. The molecule has 234 valence electrons. The van der Waals surface area contributed by atoms with Crippen LogP contribution in [0.15, 0.2) is 174 Å². The van der Waals surface area contributed by atoms with Crippen LogP contribution in [0, 0.1) is 0 Å². The highest BCUT2D eigenvalue weighted by atomic mass is 16.3. The Balaban J connectivity index is 1.44. The van der Waals surface area contributed by atoms with Crippen molar-refractivity contribution in [3.8, 4) is 51.0 Å². The number of fused-ring (bicyclic) bond motifs is 6. The molecule has 0 aliphatic carbocycles. The SMILES string of the molecule is [2H]c1c([2H])c([2H])c(-c2nc(-c3ccccc3)nc(-c3cc(-c4c([2H])c([2H])c([2H])c5oc6c([2H])c([2H])c([2H])c([2H])c6c45)ccc3-n3c4c([2H])c([2H])c([2H])c([2H])c4c4c([2H])c([2H])c([2H])c([2H])c43)n2)c([2H])c1[2H]. The molecule has 0 radical (unpaired) electrons. The second-order valence-corrected chi connectivity index (χ2v) is 10.9. The van der Waals surface area contributed by atoms with Crippen molar-refractivity contribution in [2.24, 2.45) is 0 Å². The van der Waals surface area contributed by atoms with Crippen LogP contribution in [-0.2, 0) is 0 Å².